The summed E-state index contributed by atoms with van der Waals surface area (Å²) in [6.45, 7) is 8.90. The van der Waals surface area contributed by atoms with Crippen LogP contribution in [0, 0.1) is 26.7 Å². The summed E-state index contributed by atoms with van der Waals surface area (Å²) in [4.78, 5) is 32.8. The van der Waals surface area contributed by atoms with E-state index in [-0.39, 0.29) is 23.8 Å². The number of anilines is 3. The molecule has 2 saturated heterocycles. The lowest BCUT2D eigenvalue weighted by molar-refractivity contribution is -0.123. The number of likely N-dealkylation sites (tertiary alicyclic amines) is 1. The fourth-order valence-corrected chi connectivity index (χ4v) is 7.69. The van der Waals surface area contributed by atoms with Crippen molar-refractivity contribution in [1.82, 2.24) is 4.90 Å². The van der Waals surface area contributed by atoms with E-state index in [1.165, 1.54) is 56.2 Å². The number of amides is 2. The molecule has 2 aliphatic heterocycles. The fourth-order valence-electron chi connectivity index (χ4n) is 7.69. The van der Waals surface area contributed by atoms with Crippen LogP contribution in [0.15, 0.2) is 60.7 Å². The van der Waals surface area contributed by atoms with Crippen molar-refractivity contribution in [1.29, 1.82) is 0 Å². The van der Waals surface area contributed by atoms with Gasteiger partial charge in [0.05, 0.1) is 12.0 Å². The molecule has 2 atom stereocenters. The number of hydrogen-bond donors (Lipinski definition) is 2. The van der Waals surface area contributed by atoms with Crippen molar-refractivity contribution in [2.75, 3.05) is 35.2 Å². The average molecular weight is 593 g/mol. The molecule has 6 nitrogen and oxygen atoms in total. The van der Waals surface area contributed by atoms with E-state index in [9.17, 15) is 9.59 Å². The van der Waals surface area contributed by atoms with Gasteiger partial charge in [0.15, 0.2) is 0 Å². The van der Waals surface area contributed by atoms with Gasteiger partial charge in [-0.2, -0.15) is 0 Å². The summed E-state index contributed by atoms with van der Waals surface area (Å²) in [5.74, 6) is -0.362. The Morgan fingerprint density at radius 1 is 0.705 bits per heavy atom. The van der Waals surface area contributed by atoms with E-state index in [1.807, 2.05) is 43.0 Å². The molecule has 0 radical (unpaired) electrons. The number of nitrogens with zero attached hydrogens (tertiary/aromatic N) is 2. The SMILES string of the molecule is Cc1ccc(NC(=O)[C@H]2CCCN(C(=O)c3c(C)cccc3C)[C@H]2c2ccc(NC3CCCCC3)cc2)cc1N1CCCC1. The van der Waals surface area contributed by atoms with Gasteiger partial charge < -0.3 is 20.4 Å². The summed E-state index contributed by atoms with van der Waals surface area (Å²) in [5, 5.41) is 7.00. The number of benzene rings is 3. The Hall–Kier alpha value is -3.80. The summed E-state index contributed by atoms with van der Waals surface area (Å²) >= 11 is 0. The maximum absolute atomic E-state index is 14.3. The van der Waals surface area contributed by atoms with E-state index in [4.69, 9.17) is 0 Å². The third-order valence-electron chi connectivity index (χ3n) is 10.1. The topological polar surface area (TPSA) is 64.7 Å². The van der Waals surface area contributed by atoms with E-state index in [2.05, 4.69) is 58.9 Å². The highest BCUT2D eigenvalue weighted by Gasteiger charge is 2.40. The van der Waals surface area contributed by atoms with Gasteiger partial charge in [-0.1, -0.05) is 55.7 Å². The Morgan fingerprint density at radius 3 is 2.09 bits per heavy atom. The average Bonchev–Trinajstić information content (AvgIpc) is 3.57. The molecule has 3 aromatic carbocycles. The Bertz CT molecular complexity index is 1450. The quantitative estimate of drug-likeness (QED) is 0.290. The number of hydrogen-bond acceptors (Lipinski definition) is 4. The first-order valence-corrected chi connectivity index (χ1v) is 16.8. The van der Waals surface area contributed by atoms with Crippen LogP contribution < -0.4 is 15.5 Å². The predicted octanol–water partition coefficient (Wildman–Crippen LogP) is 8.19. The van der Waals surface area contributed by atoms with Crippen molar-refractivity contribution in [2.45, 2.75) is 90.6 Å². The molecule has 1 aliphatic carbocycles. The van der Waals surface area contributed by atoms with Gasteiger partial charge >= 0.3 is 0 Å². The second-order valence-corrected chi connectivity index (χ2v) is 13.2. The number of aryl methyl sites for hydroxylation is 3. The van der Waals surface area contributed by atoms with Gasteiger partial charge in [-0.05, 0) is 106 Å². The first-order chi connectivity index (χ1) is 21.4. The normalized spacial score (nSPS) is 20.9. The van der Waals surface area contributed by atoms with E-state index in [0.717, 1.165) is 59.6 Å². The number of piperidine rings is 1. The van der Waals surface area contributed by atoms with Gasteiger partial charge in [0, 0.05) is 48.3 Å². The van der Waals surface area contributed by atoms with Crippen LogP contribution >= 0.6 is 0 Å². The zero-order chi connectivity index (χ0) is 30.6. The van der Waals surface area contributed by atoms with Crippen LogP contribution in [0.1, 0.15) is 96.4 Å². The number of carbonyl (C=O) groups excluding carboxylic acids is 2. The molecule has 2 N–H and O–H groups in total. The highest BCUT2D eigenvalue weighted by molar-refractivity contribution is 5.99. The lowest BCUT2D eigenvalue weighted by atomic mass is 9.83. The first-order valence-electron chi connectivity index (χ1n) is 16.8. The third kappa shape index (κ3) is 6.50. The Kier molecular flexibility index (Phi) is 9.25. The minimum Gasteiger partial charge on any atom is -0.382 e. The van der Waals surface area contributed by atoms with E-state index < -0.39 is 0 Å². The molecule has 1 saturated carbocycles. The summed E-state index contributed by atoms with van der Waals surface area (Å²) < 4.78 is 0. The molecular formula is C38H48N4O2. The largest absolute Gasteiger partial charge is 0.382 e. The second-order valence-electron chi connectivity index (χ2n) is 13.2. The summed E-state index contributed by atoms with van der Waals surface area (Å²) in [6.07, 6.45) is 10.3. The van der Waals surface area contributed by atoms with Gasteiger partial charge in [0.1, 0.15) is 0 Å². The Morgan fingerprint density at radius 2 is 1.39 bits per heavy atom. The van der Waals surface area contributed by atoms with Gasteiger partial charge in [-0.15, -0.1) is 0 Å². The van der Waals surface area contributed by atoms with Gasteiger partial charge in [-0.3, -0.25) is 9.59 Å². The zero-order valence-electron chi connectivity index (χ0n) is 26.7. The Labute approximate surface area is 263 Å². The molecule has 0 aromatic heterocycles. The second kappa shape index (κ2) is 13.5. The predicted molar refractivity (Wildman–Crippen MR) is 181 cm³/mol. The lowest BCUT2D eigenvalue weighted by Gasteiger charge is -2.41. The summed E-state index contributed by atoms with van der Waals surface area (Å²) in [7, 11) is 0. The molecule has 3 fully saturated rings. The van der Waals surface area contributed by atoms with Crippen LogP contribution in [-0.2, 0) is 4.79 Å². The molecular weight excluding hydrogens is 544 g/mol. The highest BCUT2D eigenvalue weighted by atomic mass is 16.2. The van der Waals surface area contributed by atoms with Crippen molar-refractivity contribution >= 4 is 28.9 Å². The van der Waals surface area contributed by atoms with E-state index in [1.54, 1.807) is 0 Å². The number of nitrogens with one attached hydrogen (secondary N) is 2. The minimum absolute atomic E-state index is 0.0131. The van der Waals surface area contributed by atoms with Crippen molar-refractivity contribution in [3.05, 3.63) is 88.5 Å². The van der Waals surface area contributed by atoms with Crippen LogP contribution in [0.25, 0.3) is 0 Å². The molecule has 2 heterocycles. The van der Waals surface area contributed by atoms with Crippen molar-refractivity contribution in [3.8, 4) is 0 Å². The van der Waals surface area contributed by atoms with Crippen LogP contribution in [0.2, 0.25) is 0 Å². The van der Waals surface area contributed by atoms with E-state index in [0.29, 0.717) is 12.6 Å². The smallest absolute Gasteiger partial charge is 0.254 e. The lowest BCUT2D eigenvalue weighted by Crippen LogP contribution is -2.46. The van der Waals surface area contributed by atoms with E-state index >= 15 is 0 Å². The van der Waals surface area contributed by atoms with Gasteiger partial charge in [0.2, 0.25) is 5.91 Å². The van der Waals surface area contributed by atoms with Crippen molar-refractivity contribution < 1.29 is 9.59 Å². The summed E-state index contributed by atoms with van der Waals surface area (Å²) in [5.41, 5.74) is 8.08. The first kappa shape index (κ1) is 30.2. The monoisotopic (exact) mass is 592 g/mol. The molecule has 6 heteroatoms. The molecule has 6 rings (SSSR count). The summed E-state index contributed by atoms with van der Waals surface area (Å²) in [6, 6.07) is 21.0. The molecule has 0 unspecified atom stereocenters. The maximum atomic E-state index is 14.3. The van der Waals surface area contributed by atoms with Crippen LogP contribution in [0.5, 0.6) is 0 Å². The van der Waals surface area contributed by atoms with Crippen LogP contribution in [0.4, 0.5) is 17.1 Å². The standard InChI is InChI=1S/C38H48N4O2/c1-26-16-19-32(25-34(26)41-22-7-8-23-41)40-37(43)33-15-10-24-42(38(44)35-27(2)11-9-12-28(35)3)36(33)29-17-20-31(21-18-29)39-30-13-5-4-6-14-30/h9,11-12,16-21,25,30,33,36,39H,4-8,10,13-15,22-24H2,1-3H3,(H,40,43)/t33-,36-/m0/s1. The van der Waals surface area contributed by atoms with Gasteiger partial charge in [-0.25, -0.2) is 0 Å². The van der Waals surface area contributed by atoms with Gasteiger partial charge in [0.25, 0.3) is 5.91 Å². The van der Waals surface area contributed by atoms with Crippen LogP contribution in [-0.4, -0.2) is 42.4 Å². The molecule has 232 valence electrons. The minimum atomic E-state index is -0.356. The number of rotatable bonds is 7. The fraction of sp³-hybridized carbons (Fsp3) is 0.474. The van der Waals surface area contributed by atoms with Crippen molar-refractivity contribution in [3.63, 3.8) is 0 Å². The molecule has 0 spiro atoms. The Balaban J connectivity index is 1.30. The molecule has 2 amide bonds. The van der Waals surface area contributed by atoms with Crippen molar-refractivity contribution in [2.24, 2.45) is 5.92 Å². The molecule has 0 bridgehead atoms. The highest BCUT2D eigenvalue weighted by Crippen LogP contribution is 2.39. The maximum Gasteiger partial charge on any atom is 0.254 e. The molecule has 44 heavy (non-hydrogen) atoms. The number of carbonyl (C=O) groups is 2. The molecule has 3 aliphatic rings. The molecule has 3 aromatic rings. The van der Waals surface area contributed by atoms with Crippen LogP contribution in [0.3, 0.4) is 0 Å². The zero-order valence-corrected chi connectivity index (χ0v) is 26.7. The third-order valence-corrected chi connectivity index (χ3v) is 10.1.